The van der Waals surface area contributed by atoms with Crippen molar-refractivity contribution in [1.82, 2.24) is 19.5 Å². The molecule has 2 aromatic rings. The number of carbonyl (C=O) groups is 1. The summed E-state index contributed by atoms with van der Waals surface area (Å²) in [6.45, 7) is 4.27. The second kappa shape index (κ2) is 7.34. The van der Waals surface area contributed by atoms with E-state index < -0.39 is 10.0 Å². The van der Waals surface area contributed by atoms with Gasteiger partial charge in [0.05, 0.1) is 6.20 Å². The third-order valence-corrected chi connectivity index (χ3v) is 4.57. The van der Waals surface area contributed by atoms with Crippen LogP contribution in [-0.4, -0.2) is 35.6 Å². The Kier molecular flexibility index (Phi) is 5.45. The van der Waals surface area contributed by atoms with Gasteiger partial charge in [0.2, 0.25) is 15.9 Å². The Morgan fingerprint density at radius 3 is 2.83 bits per heavy atom. The molecule has 0 saturated carbocycles. The van der Waals surface area contributed by atoms with Gasteiger partial charge in [-0.2, -0.15) is 5.10 Å². The van der Waals surface area contributed by atoms with Gasteiger partial charge in [-0.25, -0.2) is 18.1 Å². The van der Waals surface area contributed by atoms with Crippen molar-refractivity contribution in [3.8, 4) is 0 Å². The zero-order valence-electron chi connectivity index (χ0n) is 13.0. The normalized spacial score (nSPS) is 11.4. The molecule has 23 heavy (non-hydrogen) atoms. The highest BCUT2D eigenvalue weighted by Crippen LogP contribution is 2.10. The molecule has 0 aliphatic carbocycles. The number of amides is 1. The van der Waals surface area contributed by atoms with E-state index in [0.717, 1.165) is 5.56 Å². The van der Waals surface area contributed by atoms with Crippen molar-refractivity contribution in [2.24, 2.45) is 0 Å². The molecule has 8 nitrogen and oxygen atoms in total. The summed E-state index contributed by atoms with van der Waals surface area (Å²) in [4.78, 5) is 16.0. The second-order valence-corrected chi connectivity index (χ2v) is 6.66. The first kappa shape index (κ1) is 17.1. The van der Waals surface area contributed by atoms with Gasteiger partial charge in [-0.05, 0) is 25.5 Å². The summed E-state index contributed by atoms with van der Waals surface area (Å²) in [5.74, 6) is 0.170. The standard InChI is InChI=1S/C14H19N5O3S/c1-3-19-10-12(9-16-19)23(21,22)17-8-6-13(20)18-14-11(2)5-4-7-15-14/h4-5,7,9-10,17H,3,6,8H2,1-2H3,(H,15,18,20). The van der Waals surface area contributed by atoms with Gasteiger partial charge in [0, 0.05) is 31.9 Å². The number of anilines is 1. The van der Waals surface area contributed by atoms with Crippen LogP contribution in [0.2, 0.25) is 0 Å². The lowest BCUT2D eigenvalue weighted by atomic mass is 10.3. The number of carbonyl (C=O) groups excluding carboxylic acids is 1. The monoisotopic (exact) mass is 337 g/mol. The molecule has 0 bridgehead atoms. The van der Waals surface area contributed by atoms with Crippen LogP contribution >= 0.6 is 0 Å². The molecule has 0 saturated heterocycles. The van der Waals surface area contributed by atoms with Gasteiger partial charge >= 0.3 is 0 Å². The van der Waals surface area contributed by atoms with E-state index in [1.807, 2.05) is 19.9 Å². The van der Waals surface area contributed by atoms with Crippen molar-refractivity contribution < 1.29 is 13.2 Å². The summed E-state index contributed by atoms with van der Waals surface area (Å²) in [5.41, 5.74) is 0.841. The first-order valence-corrected chi connectivity index (χ1v) is 8.64. The average Bonchev–Trinajstić information content (AvgIpc) is 2.99. The minimum atomic E-state index is -3.66. The Hall–Kier alpha value is -2.26. The number of nitrogens with zero attached hydrogens (tertiary/aromatic N) is 3. The van der Waals surface area contributed by atoms with Crippen molar-refractivity contribution in [2.45, 2.75) is 31.7 Å². The smallest absolute Gasteiger partial charge is 0.243 e. The molecular weight excluding hydrogens is 318 g/mol. The first-order chi connectivity index (χ1) is 10.9. The predicted molar refractivity (Wildman–Crippen MR) is 85.3 cm³/mol. The van der Waals surface area contributed by atoms with E-state index in [9.17, 15) is 13.2 Å². The van der Waals surface area contributed by atoms with Crippen molar-refractivity contribution in [3.05, 3.63) is 36.3 Å². The number of aryl methyl sites for hydroxylation is 2. The van der Waals surface area contributed by atoms with Gasteiger partial charge in [-0.3, -0.25) is 9.48 Å². The molecule has 0 aliphatic heterocycles. The minimum absolute atomic E-state index is 0.00263. The molecule has 2 heterocycles. The van der Waals surface area contributed by atoms with Gasteiger partial charge in [-0.1, -0.05) is 6.07 Å². The van der Waals surface area contributed by atoms with E-state index >= 15 is 0 Å². The molecule has 1 amide bonds. The first-order valence-electron chi connectivity index (χ1n) is 7.16. The van der Waals surface area contributed by atoms with Crippen molar-refractivity contribution >= 4 is 21.7 Å². The van der Waals surface area contributed by atoms with Crippen LogP contribution in [0.25, 0.3) is 0 Å². The predicted octanol–water partition coefficient (Wildman–Crippen LogP) is 0.914. The summed E-state index contributed by atoms with van der Waals surface area (Å²) in [6, 6.07) is 3.60. The van der Waals surface area contributed by atoms with Crippen LogP contribution in [-0.2, 0) is 21.4 Å². The molecule has 124 valence electrons. The van der Waals surface area contributed by atoms with Gasteiger partial charge in [0.25, 0.3) is 0 Å². The zero-order chi connectivity index (χ0) is 16.9. The number of hydrogen-bond acceptors (Lipinski definition) is 5. The van der Waals surface area contributed by atoms with Crippen LogP contribution in [0.5, 0.6) is 0 Å². The molecule has 2 N–H and O–H groups in total. The average molecular weight is 337 g/mol. The maximum absolute atomic E-state index is 12.0. The molecule has 0 fully saturated rings. The number of pyridine rings is 1. The summed E-state index contributed by atoms with van der Waals surface area (Å²) in [5, 5.41) is 6.57. The molecule has 0 radical (unpaired) electrons. The molecular formula is C14H19N5O3S. The van der Waals surface area contributed by atoms with Crippen LogP contribution in [0, 0.1) is 6.92 Å². The van der Waals surface area contributed by atoms with Crippen molar-refractivity contribution in [3.63, 3.8) is 0 Å². The molecule has 0 atom stereocenters. The highest BCUT2D eigenvalue weighted by Gasteiger charge is 2.16. The van der Waals surface area contributed by atoms with E-state index in [1.54, 1.807) is 12.3 Å². The molecule has 0 aromatic carbocycles. The fraction of sp³-hybridized carbons (Fsp3) is 0.357. The quantitative estimate of drug-likeness (QED) is 0.781. The SMILES string of the molecule is CCn1cc(S(=O)(=O)NCCC(=O)Nc2ncccc2C)cn1. The second-order valence-electron chi connectivity index (χ2n) is 4.90. The lowest BCUT2D eigenvalue weighted by molar-refractivity contribution is -0.116. The summed E-state index contributed by atoms with van der Waals surface area (Å²) >= 11 is 0. The Morgan fingerprint density at radius 1 is 1.39 bits per heavy atom. The lowest BCUT2D eigenvalue weighted by Gasteiger charge is -2.07. The highest BCUT2D eigenvalue weighted by atomic mass is 32.2. The number of sulfonamides is 1. The largest absolute Gasteiger partial charge is 0.310 e. The molecule has 9 heteroatoms. The summed E-state index contributed by atoms with van der Waals surface area (Å²) < 4.78 is 28.0. The van der Waals surface area contributed by atoms with Gasteiger partial charge in [0.1, 0.15) is 10.7 Å². The Bertz CT molecular complexity index is 785. The molecule has 0 unspecified atom stereocenters. The van der Waals surface area contributed by atoms with Gasteiger partial charge < -0.3 is 5.32 Å². The third kappa shape index (κ3) is 4.60. The van der Waals surface area contributed by atoms with Crippen LogP contribution in [0.1, 0.15) is 18.9 Å². The molecule has 2 rings (SSSR count). The van der Waals surface area contributed by atoms with Crippen LogP contribution < -0.4 is 10.0 Å². The zero-order valence-corrected chi connectivity index (χ0v) is 13.8. The van der Waals surface area contributed by atoms with Gasteiger partial charge in [0.15, 0.2) is 0 Å². The van der Waals surface area contributed by atoms with E-state index in [-0.39, 0.29) is 23.8 Å². The molecule has 0 aliphatic rings. The maximum atomic E-state index is 12.0. The van der Waals surface area contributed by atoms with Gasteiger partial charge in [-0.15, -0.1) is 0 Å². The Labute approximate surface area is 135 Å². The number of nitrogens with one attached hydrogen (secondary N) is 2. The fourth-order valence-electron chi connectivity index (χ4n) is 1.85. The molecule has 0 spiro atoms. The topological polar surface area (TPSA) is 106 Å². The number of hydrogen-bond donors (Lipinski definition) is 2. The van der Waals surface area contributed by atoms with E-state index in [4.69, 9.17) is 0 Å². The van der Waals surface area contributed by atoms with Crippen molar-refractivity contribution in [2.75, 3.05) is 11.9 Å². The maximum Gasteiger partial charge on any atom is 0.243 e. The molecule has 2 aromatic heterocycles. The Morgan fingerprint density at radius 2 is 2.17 bits per heavy atom. The number of rotatable bonds is 7. The number of aromatic nitrogens is 3. The van der Waals surface area contributed by atoms with Crippen LogP contribution in [0.3, 0.4) is 0 Å². The highest BCUT2D eigenvalue weighted by molar-refractivity contribution is 7.89. The summed E-state index contributed by atoms with van der Waals surface area (Å²) in [7, 11) is -3.66. The fourth-order valence-corrected chi connectivity index (χ4v) is 2.83. The van der Waals surface area contributed by atoms with Crippen LogP contribution in [0.15, 0.2) is 35.6 Å². The van der Waals surface area contributed by atoms with Crippen LogP contribution in [0.4, 0.5) is 5.82 Å². The Balaban J connectivity index is 1.86. The van der Waals surface area contributed by atoms with E-state index in [2.05, 4.69) is 20.1 Å². The van der Waals surface area contributed by atoms with E-state index in [1.165, 1.54) is 17.1 Å². The van der Waals surface area contributed by atoms with E-state index in [0.29, 0.717) is 12.4 Å². The van der Waals surface area contributed by atoms with Crippen molar-refractivity contribution in [1.29, 1.82) is 0 Å². The minimum Gasteiger partial charge on any atom is -0.310 e. The lowest BCUT2D eigenvalue weighted by Crippen LogP contribution is -2.27. The third-order valence-electron chi connectivity index (χ3n) is 3.16. The summed E-state index contributed by atoms with van der Waals surface area (Å²) in [6.07, 6.45) is 4.32.